The van der Waals surface area contributed by atoms with Crippen molar-refractivity contribution in [3.63, 3.8) is 0 Å². The summed E-state index contributed by atoms with van der Waals surface area (Å²) < 4.78 is 33.1. The summed E-state index contributed by atoms with van der Waals surface area (Å²) in [4.78, 5) is 13.9. The predicted octanol–water partition coefficient (Wildman–Crippen LogP) is 4.32. The summed E-state index contributed by atoms with van der Waals surface area (Å²) in [5.41, 5.74) is 1.23. The van der Waals surface area contributed by atoms with Gasteiger partial charge in [-0.25, -0.2) is 13.2 Å². The first-order valence-corrected chi connectivity index (χ1v) is 13.0. The molecule has 172 valence electrons. The molecule has 7 nitrogen and oxygen atoms in total. The summed E-state index contributed by atoms with van der Waals surface area (Å²) in [6.45, 7) is 1.23. The number of ether oxygens (including phenoxy) is 1. The number of carbonyl (C=O) groups is 1. The molecule has 2 fully saturated rings. The van der Waals surface area contributed by atoms with Gasteiger partial charge in [0.1, 0.15) is 11.3 Å². The highest BCUT2D eigenvalue weighted by Gasteiger charge is 2.32. The van der Waals surface area contributed by atoms with E-state index < -0.39 is 27.3 Å². The maximum absolute atomic E-state index is 13.6. The minimum absolute atomic E-state index is 0.0836. The number of sulfone groups is 1. The standard InChI is InChI=1S/C23H26BrNO6S/c1-31-12-18-3-2-8-25(18)20-7-6-17(24)11-21(20)32(29,30)13-16-9-15(14-4-5-14)10-19(22(16)26)23(27)28/h6-7,9-11,14,18,26H,2-5,8,12-13H2,1H3,(H,27,28)/t18-/m1/s1. The van der Waals surface area contributed by atoms with Crippen molar-refractivity contribution in [2.75, 3.05) is 25.2 Å². The number of hydrogen-bond donors (Lipinski definition) is 2. The monoisotopic (exact) mass is 523 g/mol. The lowest BCUT2D eigenvalue weighted by Gasteiger charge is -2.28. The molecule has 1 heterocycles. The molecule has 0 bridgehead atoms. The number of rotatable bonds is 8. The largest absolute Gasteiger partial charge is 0.507 e. The number of carboxylic acids is 1. The molecule has 0 aromatic heterocycles. The van der Waals surface area contributed by atoms with E-state index in [0.717, 1.165) is 37.8 Å². The van der Waals surface area contributed by atoms with E-state index in [1.165, 1.54) is 6.07 Å². The van der Waals surface area contributed by atoms with E-state index in [4.69, 9.17) is 4.74 Å². The SMILES string of the molecule is COC[C@H]1CCCN1c1ccc(Br)cc1S(=O)(=O)Cc1cc(C2CC2)cc(C(=O)O)c1O. The summed E-state index contributed by atoms with van der Waals surface area (Å²) >= 11 is 3.38. The summed E-state index contributed by atoms with van der Waals surface area (Å²) in [5.74, 6) is -2.02. The Balaban J connectivity index is 1.75. The molecule has 1 aliphatic heterocycles. The summed E-state index contributed by atoms with van der Waals surface area (Å²) in [6.07, 6.45) is 3.72. The van der Waals surface area contributed by atoms with Crippen molar-refractivity contribution >= 4 is 37.4 Å². The zero-order chi connectivity index (χ0) is 23.0. The molecular formula is C23H26BrNO6S. The average Bonchev–Trinajstić information content (AvgIpc) is 3.49. The van der Waals surface area contributed by atoms with Crippen molar-refractivity contribution < 1.29 is 28.2 Å². The highest BCUT2D eigenvalue weighted by molar-refractivity contribution is 9.10. The van der Waals surface area contributed by atoms with Crippen LogP contribution < -0.4 is 4.90 Å². The van der Waals surface area contributed by atoms with E-state index in [9.17, 15) is 23.4 Å². The zero-order valence-corrected chi connectivity index (χ0v) is 20.2. The number of nitrogens with zero attached hydrogens (tertiary/aromatic N) is 1. The van der Waals surface area contributed by atoms with Crippen LogP contribution in [0.3, 0.4) is 0 Å². The Morgan fingerprint density at radius 2 is 1.97 bits per heavy atom. The third-order valence-corrected chi connectivity index (χ3v) is 8.32. The fourth-order valence-corrected chi connectivity index (χ4v) is 6.53. The smallest absolute Gasteiger partial charge is 0.339 e. The molecular weight excluding hydrogens is 498 g/mol. The maximum atomic E-state index is 13.6. The molecule has 1 atom stereocenters. The van der Waals surface area contributed by atoms with Crippen LogP contribution in [0.15, 0.2) is 39.7 Å². The maximum Gasteiger partial charge on any atom is 0.339 e. The van der Waals surface area contributed by atoms with Crippen LogP contribution in [0, 0.1) is 0 Å². The van der Waals surface area contributed by atoms with Gasteiger partial charge < -0.3 is 19.8 Å². The van der Waals surface area contributed by atoms with Gasteiger partial charge in [0.25, 0.3) is 0 Å². The molecule has 0 amide bonds. The second-order valence-corrected chi connectivity index (χ2v) is 11.3. The molecule has 0 unspecified atom stereocenters. The number of aromatic hydroxyl groups is 1. The lowest BCUT2D eigenvalue weighted by Crippen LogP contribution is -2.33. The molecule has 4 rings (SSSR count). The van der Waals surface area contributed by atoms with Gasteiger partial charge in [0.2, 0.25) is 0 Å². The van der Waals surface area contributed by atoms with Crippen molar-refractivity contribution in [2.45, 2.75) is 48.3 Å². The second-order valence-electron chi connectivity index (χ2n) is 8.47. The van der Waals surface area contributed by atoms with Crippen LogP contribution in [0.4, 0.5) is 5.69 Å². The van der Waals surface area contributed by atoms with Gasteiger partial charge in [-0.3, -0.25) is 0 Å². The number of anilines is 1. The number of hydrogen-bond acceptors (Lipinski definition) is 6. The van der Waals surface area contributed by atoms with Gasteiger partial charge in [-0.15, -0.1) is 0 Å². The summed E-state index contributed by atoms with van der Waals surface area (Å²) in [6, 6.07) is 8.35. The van der Waals surface area contributed by atoms with E-state index in [0.29, 0.717) is 16.8 Å². The molecule has 2 aliphatic rings. The molecule has 1 saturated carbocycles. The van der Waals surface area contributed by atoms with Gasteiger partial charge >= 0.3 is 5.97 Å². The molecule has 1 saturated heterocycles. The predicted molar refractivity (Wildman–Crippen MR) is 124 cm³/mol. The number of halogens is 1. The van der Waals surface area contributed by atoms with E-state index in [1.807, 2.05) is 6.07 Å². The van der Waals surface area contributed by atoms with Gasteiger partial charge in [-0.05, 0) is 61.4 Å². The van der Waals surface area contributed by atoms with Crippen LogP contribution in [0.1, 0.15) is 53.1 Å². The molecule has 1 aliphatic carbocycles. The summed E-state index contributed by atoms with van der Waals surface area (Å²) in [7, 11) is -2.26. The number of aromatic carboxylic acids is 1. The first-order valence-electron chi connectivity index (χ1n) is 10.6. The first-order chi connectivity index (χ1) is 15.2. The van der Waals surface area contributed by atoms with Crippen molar-refractivity contribution in [1.82, 2.24) is 0 Å². The van der Waals surface area contributed by atoms with Crippen LogP contribution in [-0.2, 0) is 20.3 Å². The normalized spacial score (nSPS) is 18.8. The molecule has 32 heavy (non-hydrogen) atoms. The van der Waals surface area contributed by atoms with E-state index >= 15 is 0 Å². The number of methoxy groups -OCH3 is 1. The lowest BCUT2D eigenvalue weighted by molar-refractivity contribution is 0.0693. The van der Waals surface area contributed by atoms with E-state index in [-0.39, 0.29) is 28.0 Å². The Hall–Kier alpha value is -2.10. The fraction of sp³-hybridized carbons (Fsp3) is 0.435. The van der Waals surface area contributed by atoms with Crippen LogP contribution in [0.5, 0.6) is 5.75 Å². The number of phenols is 1. The minimum atomic E-state index is -3.89. The molecule has 2 aromatic rings. The Morgan fingerprint density at radius 3 is 2.62 bits per heavy atom. The minimum Gasteiger partial charge on any atom is -0.507 e. The van der Waals surface area contributed by atoms with Gasteiger partial charge in [0.15, 0.2) is 9.84 Å². The van der Waals surface area contributed by atoms with E-state index in [1.54, 1.807) is 25.3 Å². The summed E-state index contributed by atoms with van der Waals surface area (Å²) in [5, 5.41) is 20.1. The lowest BCUT2D eigenvalue weighted by atomic mass is 10.0. The first kappa shape index (κ1) is 23.1. The number of carboxylic acid groups (broad SMARTS) is 1. The van der Waals surface area contributed by atoms with Crippen LogP contribution in [-0.4, -0.2) is 50.9 Å². The highest BCUT2D eigenvalue weighted by Crippen LogP contribution is 2.43. The van der Waals surface area contributed by atoms with Crippen molar-refractivity contribution in [3.8, 4) is 5.75 Å². The quantitative estimate of drug-likeness (QED) is 0.530. The van der Waals surface area contributed by atoms with Gasteiger partial charge in [-0.1, -0.05) is 22.0 Å². The Kier molecular flexibility index (Phi) is 6.51. The fourth-order valence-electron chi connectivity index (χ4n) is 4.42. The zero-order valence-electron chi connectivity index (χ0n) is 17.8. The molecule has 9 heteroatoms. The Bertz CT molecular complexity index is 1150. The molecule has 2 N–H and O–H groups in total. The van der Waals surface area contributed by atoms with Crippen molar-refractivity contribution in [2.24, 2.45) is 0 Å². The molecule has 2 aromatic carbocycles. The van der Waals surface area contributed by atoms with Crippen LogP contribution in [0.25, 0.3) is 0 Å². The van der Waals surface area contributed by atoms with Crippen LogP contribution >= 0.6 is 15.9 Å². The van der Waals surface area contributed by atoms with Crippen molar-refractivity contribution in [3.05, 3.63) is 51.5 Å². The van der Waals surface area contributed by atoms with Gasteiger partial charge in [0, 0.05) is 23.7 Å². The third kappa shape index (κ3) is 4.65. The molecule has 0 spiro atoms. The topological polar surface area (TPSA) is 104 Å². The third-order valence-electron chi connectivity index (χ3n) is 6.14. The Morgan fingerprint density at radius 1 is 1.22 bits per heavy atom. The van der Waals surface area contributed by atoms with Crippen molar-refractivity contribution in [1.29, 1.82) is 0 Å². The van der Waals surface area contributed by atoms with Gasteiger partial charge in [-0.2, -0.15) is 0 Å². The Labute approximate surface area is 196 Å². The number of benzene rings is 2. The van der Waals surface area contributed by atoms with Crippen LogP contribution in [0.2, 0.25) is 0 Å². The molecule has 0 radical (unpaired) electrons. The van der Waals surface area contributed by atoms with E-state index in [2.05, 4.69) is 20.8 Å². The second kappa shape index (κ2) is 9.03. The highest BCUT2D eigenvalue weighted by atomic mass is 79.9. The average molecular weight is 524 g/mol. The van der Waals surface area contributed by atoms with Gasteiger partial charge in [0.05, 0.1) is 29.0 Å².